The molecule has 0 aromatic heterocycles. The fraction of sp³-hybridized carbons (Fsp3) is 0.538. The second-order valence-electron chi connectivity index (χ2n) is 5.29. The van der Waals surface area contributed by atoms with Crippen molar-refractivity contribution in [2.45, 2.75) is 26.8 Å². The normalized spacial score (nSPS) is 19.1. The number of rotatable bonds is 2. The van der Waals surface area contributed by atoms with Crippen LogP contribution in [0, 0.1) is 5.41 Å². The molecule has 0 atom stereocenters. The Labute approximate surface area is 102 Å². The zero-order valence-corrected chi connectivity index (χ0v) is 10.7. The monoisotopic (exact) mass is 238 g/mol. The van der Waals surface area contributed by atoms with Gasteiger partial charge >= 0.3 is 0 Å². The van der Waals surface area contributed by atoms with E-state index in [4.69, 9.17) is 17.3 Å². The molecule has 1 aromatic carbocycles. The van der Waals surface area contributed by atoms with Crippen LogP contribution in [0.5, 0.6) is 0 Å². The smallest absolute Gasteiger partial charge is 0.0642 e. The summed E-state index contributed by atoms with van der Waals surface area (Å²) in [6.45, 7) is 7.28. The third kappa shape index (κ3) is 2.18. The predicted octanol–water partition coefficient (Wildman–Crippen LogP) is 3.04. The van der Waals surface area contributed by atoms with Crippen LogP contribution < -0.4 is 10.6 Å². The molecule has 1 saturated heterocycles. The van der Waals surface area contributed by atoms with Gasteiger partial charge in [0.15, 0.2) is 0 Å². The summed E-state index contributed by atoms with van der Waals surface area (Å²) < 4.78 is 0. The minimum atomic E-state index is 0.380. The van der Waals surface area contributed by atoms with Crippen LogP contribution in [0.15, 0.2) is 18.2 Å². The number of hydrogen-bond donors (Lipinski definition) is 1. The molecule has 2 rings (SSSR count). The third-order valence-corrected chi connectivity index (χ3v) is 3.59. The van der Waals surface area contributed by atoms with Gasteiger partial charge < -0.3 is 10.6 Å². The first kappa shape index (κ1) is 11.7. The Bertz CT molecular complexity index is 388. The molecule has 1 aromatic rings. The Hall–Kier alpha value is -0.730. The number of para-hydroxylation sites is 1. The highest BCUT2D eigenvalue weighted by atomic mass is 35.5. The Balaban J connectivity index is 2.34. The summed E-state index contributed by atoms with van der Waals surface area (Å²) >= 11 is 6.28. The number of benzene rings is 1. The lowest BCUT2D eigenvalue weighted by molar-refractivity contribution is 0.418. The van der Waals surface area contributed by atoms with Crippen LogP contribution in [0.4, 0.5) is 5.69 Å². The van der Waals surface area contributed by atoms with E-state index < -0.39 is 0 Å². The molecule has 0 amide bonds. The lowest BCUT2D eigenvalue weighted by Crippen LogP contribution is -2.24. The van der Waals surface area contributed by atoms with E-state index >= 15 is 0 Å². The van der Waals surface area contributed by atoms with Gasteiger partial charge in [-0.1, -0.05) is 37.6 Å². The number of nitrogens with zero attached hydrogens (tertiary/aromatic N) is 1. The Morgan fingerprint density at radius 3 is 2.75 bits per heavy atom. The molecule has 2 N–H and O–H groups in total. The average Bonchev–Trinajstić information content (AvgIpc) is 2.58. The van der Waals surface area contributed by atoms with Gasteiger partial charge in [-0.3, -0.25) is 0 Å². The highest BCUT2D eigenvalue weighted by Crippen LogP contribution is 2.37. The van der Waals surface area contributed by atoms with Gasteiger partial charge in [0, 0.05) is 19.6 Å². The lowest BCUT2D eigenvalue weighted by atomic mass is 9.93. The van der Waals surface area contributed by atoms with Gasteiger partial charge in [-0.15, -0.1) is 0 Å². The number of hydrogen-bond acceptors (Lipinski definition) is 2. The molecule has 0 radical (unpaired) electrons. The van der Waals surface area contributed by atoms with E-state index in [1.165, 1.54) is 6.42 Å². The molecule has 2 nitrogen and oxygen atoms in total. The highest BCUT2D eigenvalue weighted by molar-refractivity contribution is 6.33. The molecule has 0 saturated carbocycles. The van der Waals surface area contributed by atoms with Crippen molar-refractivity contribution in [3.63, 3.8) is 0 Å². The minimum Gasteiger partial charge on any atom is -0.370 e. The average molecular weight is 239 g/mol. The summed E-state index contributed by atoms with van der Waals surface area (Å²) in [6.07, 6.45) is 1.21. The van der Waals surface area contributed by atoms with Crippen LogP contribution in [-0.2, 0) is 6.54 Å². The molecule has 0 spiro atoms. The van der Waals surface area contributed by atoms with Crippen LogP contribution >= 0.6 is 11.6 Å². The molecule has 0 aliphatic carbocycles. The van der Waals surface area contributed by atoms with Gasteiger partial charge in [0.25, 0.3) is 0 Å². The molecule has 88 valence electrons. The van der Waals surface area contributed by atoms with E-state index in [-0.39, 0.29) is 0 Å². The van der Waals surface area contributed by atoms with Crippen LogP contribution in [0.25, 0.3) is 0 Å². The second kappa shape index (κ2) is 4.27. The van der Waals surface area contributed by atoms with Gasteiger partial charge in [-0.2, -0.15) is 0 Å². The number of anilines is 1. The summed E-state index contributed by atoms with van der Waals surface area (Å²) in [7, 11) is 0. The molecule has 1 aliphatic heterocycles. The maximum atomic E-state index is 6.28. The van der Waals surface area contributed by atoms with E-state index in [1.54, 1.807) is 0 Å². The molecular weight excluding hydrogens is 220 g/mol. The van der Waals surface area contributed by atoms with E-state index in [9.17, 15) is 0 Å². The van der Waals surface area contributed by atoms with Crippen molar-refractivity contribution in [2.24, 2.45) is 11.1 Å². The van der Waals surface area contributed by atoms with Crippen molar-refractivity contribution in [3.05, 3.63) is 28.8 Å². The summed E-state index contributed by atoms with van der Waals surface area (Å²) in [6, 6.07) is 5.98. The zero-order valence-electron chi connectivity index (χ0n) is 9.96. The standard InChI is InChI=1S/C13H19ClN2/c1-13(2)6-7-16(9-13)12-10(8-15)4-3-5-11(12)14/h3-5H,6-9,15H2,1-2H3. The summed E-state index contributed by atoms with van der Waals surface area (Å²) in [5.41, 5.74) is 8.43. The molecule has 1 fully saturated rings. The first-order valence-corrected chi connectivity index (χ1v) is 6.14. The molecule has 3 heteroatoms. The van der Waals surface area contributed by atoms with Gasteiger partial charge in [0.05, 0.1) is 10.7 Å². The number of nitrogens with two attached hydrogens (primary N) is 1. The van der Waals surface area contributed by atoms with E-state index in [2.05, 4.69) is 24.8 Å². The topological polar surface area (TPSA) is 29.3 Å². The Morgan fingerprint density at radius 1 is 1.44 bits per heavy atom. The molecule has 1 aliphatic rings. The quantitative estimate of drug-likeness (QED) is 0.858. The van der Waals surface area contributed by atoms with E-state index in [0.717, 1.165) is 29.4 Å². The van der Waals surface area contributed by atoms with Crippen molar-refractivity contribution in [3.8, 4) is 0 Å². The van der Waals surface area contributed by atoms with Crippen molar-refractivity contribution in [1.29, 1.82) is 0 Å². The highest BCUT2D eigenvalue weighted by Gasteiger charge is 2.30. The second-order valence-corrected chi connectivity index (χ2v) is 5.69. The molecule has 0 unspecified atom stereocenters. The van der Waals surface area contributed by atoms with E-state index in [0.29, 0.717) is 12.0 Å². The minimum absolute atomic E-state index is 0.380. The molecule has 1 heterocycles. The van der Waals surface area contributed by atoms with Crippen molar-refractivity contribution < 1.29 is 0 Å². The zero-order chi connectivity index (χ0) is 11.8. The van der Waals surface area contributed by atoms with Gasteiger partial charge in [-0.05, 0) is 23.5 Å². The van der Waals surface area contributed by atoms with Crippen LogP contribution in [-0.4, -0.2) is 13.1 Å². The Kier molecular flexibility index (Phi) is 3.13. The SMILES string of the molecule is CC1(C)CCN(c2c(Cl)cccc2CN)C1. The van der Waals surface area contributed by atoms with Crippen molar-refractivity contribution in [2.75, 3.05) is 18.0 Å². The van der Waals surface area contributed by atoms with Gasteiger partial charge in [0.1, 0.15) is 0 Å². The lowest BCUT2D eigenvalue weighted by Gasteiger charge is -2.24. The van der Waals surface area contributed by atoms with E-state index in [1.807, 2.05) is 12.1 Å². The van der Waals surface area contributed by atoms with Gasteiger partial charge in [-0.25, -0.2) is 0 Å². The summed E-state index contributed by atoms with van der Waals surface area (Å²) in [5, 5.41) is 0.820. The fourth-order valence-electron chi connectivity index (χ4n) is 2.38. The Morgan fingerprint density at radius 2 is 2.19 bits per heavy atom. The van der Waals surface area contributed by atoms with Crippen LogP contribution in [0.1, 0.15) is 25.8 Å². The maximum Gasteiger partial charge on any atom is 0.0642 e. The number of halogens is 1. The largest absolute Gasteiger partial charge is 0.370 e. The maximum absolute atomic E-state index is 6.28. The molecular formula is C13H19ClN2. The molecule has 0 bridgehead atoms. The predicted molar refractivity (Wildman–Crippen MR) is 70.0 cm³/mol. The first-order chi connectivity index (χ1) is 7.53. The van der Waals surface area contributed by atoms with Gasteiger partial charge in [0.2, 0.25) is 0 Å². The third-order valence-electron chi connectivity index (χ3n) is 3.28. The summed E-state index contributed by atoms with van der Waals surface area (Å²) in [4.78, 5) is 2.37. The van der Waals surface area contributed by atoms with Crippen molar-refractivity contribution >= 4 is 17.3 Å². The first-order valence-electron chi connectivity index (χ1n) is 5.76. The van der Waals surface area contributed by atoms with Crippen molar-refractivity contribution in [1.82, 2.24) is 0 Å². The van der Waals surface area contributed by atoms with Crippen LogP contribution in [0.3, 0.4) is 0 Å². The summed E-state index contributed by atoms with van der Waals surface area (Å²) in [5.74, 6) is 0. The molecule has 16 heavy (non-hydrogen) atoms. The fourth-order valence-corrected chi connectivity index (χ4v) is 2.70. The van der Waals surface area contributed by atoms with Crippen LogP contribution in [0.2, 0.25) is 5.02 Å².